The summed E-state index contributed by atoms with van der Waals surface area (Å²) in [6.07, 6.45) is 19.6. The lowest BCUT2D eigenvalue weighted by atomic mass is 10.0. The first kappa shape index (κ1) is 27.8. The third-order valence-electron chi connectivity index (χ3n) is 6.35. The molecule has 4 atom stereocenters. The van der Waals surface area contributed by atoms with E-state index in [-0.39, 0.29) is 13.2 Å². The molecule has 0 aromatic heterocycles. The van der Waals surface area contributed by atoms with Crippen molar-refractivity contribution in [3.05, 3.63) is 0 Å². The van der Waals surface area contributed by atoms with Gasteiger partial charge in [-0.05, 0) is 6.42 Å². The zero-order valence-electron chi connectivity index (χ0n) is 19.6. The van der Waals surface area contributed by atoms with Gasteiger partial charge in [0.15, 0.2) is 0 Å². The van der Waals surface area contributed by atoms with Crippen LogP contribution in [0.5, 0.6) is 0 Å². The Morgan fingerprint density at radius 1 is 0.667 bits per heavy atom. The summed E-state index contributed by atoms with van der Waals surface area (Å²) in [6.45, 7) is 2.80. The average Bonchev–Trinajstić information content (AvgIpc) is 2.75. The Labute approximate surface area is 185 Å². The van der Waals surface area contributed by atoms with Crippen molar-refractivity contribution in [2.45, 2.75) is 140 Å². The van der Waals surface area contributed by atoms with E-state index < -0.39 is 24.4 Å². The monoisotopic (exact) mass is 430 g/mol. The third kappa shape index (κ3) is 13.3. The fourth-order valence-corrected chi connectivity index (χ4v) is 4.22. The Bertz CT molecular complexity index is 365. The molecule has 0 spiro atoms. The Morgan fingerprint density at radius 3 is 1.53 bits per heavy atom. The highest BCUT2D eigenvalue weighted by Crippen LogP contribution is 2.18. The van der Waals surface area contributed by atoms with Gasteiger partial charge in [-0.1, -0.05) is 110 Å². The molecule has 5 heteroatoms. The lowest BCUT2D eigenvalue weighted by Gasteiger charge is -2.36. The molecule has 0 bridgehead atoms. The maximum absolute atomic E-state index is 10.0. The van der Waals surface area contributed by atoms with E-state index in [1.807, 2.05) is 0 Å². The highest BCUT2D eigenvalue weighted by molar-refractivity contribution is 4.87. The summed E-state index contributed by atoms with van der Waals surface area (Å²) in [5, 5.41) is 28.9. The molecule has 0 saturated carbocycles. The fraction of sp³-hybridized carbons (Fsp3) is 1.00. The van der Waals surface area contributed by atoms with Crippen LogP contribution in [0.2, 0.25) is 0 Å². The van der Waals surface area contributed by atoms with E-state index in [2.05, 4.69) is 6.92 Å². The molecule has 0 radical (unpaired) electrons. The fourth-order valence-electron chi connectivity index (χ4n) is 4.22. The van der Waals surface area contributed by atoms with Gasteiger partial charge in [-0.15, -0.1) is 0 Å². The van der Waals surface area contributed by atoms with Crippen molar-refractivity contribution in [2.75, 3.05) is 19.8 Å². The van der Waals surface area contributed by atoms with E-state index in [9.17, 15) is 10.2 Å². The van der Waals surface area contributed by atoms with Gasteiger partial charge in [0.05, 0.1) is 13.2 Å². The van der Waals surface area contributed by atoms with Crippen molar-refractivity contribution in [3.63, 3.8) is 0 Å². The summed E-state index contributed by atoms with van der Waals surface area (Å²) in [5.74, 6) is 0. The standard InChI is InChI=1S/C25H50O5/c1-2-3-4-5-6-7-8-9-10-11-12-13-14-15-16-17-18-19-29-23-21-30-22(20-26)24(27)25(23)28/h22-28H,2-21H2,1H3/t22-,23+,24-,25-/m0/s1. The minimum atomic E-state index is -1.08. The van der Waals surface area contributed by atoms with Crippen LogP contribution in [-0.2, 0) is 9.47 Å². The van der Waals surface area contributed by atoms with Crippen LogP contribution in [0.3, 0.4) is 0 Å². The molecule has 0 aromatic carbocycles. The van der Waals surface area contributed by atoms with Gasteiger partial charge in [0.1, 0.15) is 24.4 Å². The predicted molar refractivity (Wildman–Crippen MR) is 123 cm³/mol. The quantitative estimate of drug-likeness (QED) is 0.233. The van der Waals surface area contributed by atoms with E-state index in [4.69, 9.17) is 14.6 Å². The molecule has 0 amide bonds. The number of unbranched alkanes of at least 4 members (excludes halogenated alkanes) is 16. The summed E-state index contributed by atoms with van der Waals surface area (Å²) >= 11 is 0. The van der Waals surface area contributed by atoms with Gasteiger partial charge < -0.3 is 24.8 Å². The van der Waals surface area contributed by atoms with Crippen molar-refractivity contribution in [2.24, 2.45) is 0 Å². The normalized spacial score (nSPS) is 24.4. The summed E-state index contributed by atoms with van der Waals surface area (Å²) in [6, 6.07) is 0. The number of rotatable bonds is 20. The molecule has 1 heterocycles. The molecule has 180 valence electrons. The number of hydrogen-bond donors (Lipinski definition) is 3. The first-order valence-electron chi connectivity index (χ1n) is 12.9. The maximum Gasteiger partial charge on any atom is 0.111 e. The molecule has 5 nitrogen and oxygen atoms in total. The maximum atomic E-state index is 10.0. The zero-order valence-corrected chi connectivity index (χ0v) is 19.6. The van der Waals surface area contributed by atoms with E-state index in [0.717, 1.165) is 12.8 Å². The van der Waals surface area contributed by atoms with E-state index in [0.29, 0.717) is 6.61 Å². The molecule has 3 N–H and O–H groups in total. The van der Waals surface area contributed by atoms with Crippen LogP contribution in [0.15, 0.2) is 0 Å². The van der Waals surface area contributed by atoms with Crippen LogP contribution in [0.4, 0.5) is 0 Å². The second-order valence-electron chi connectivity index (χ2n) is 9.10. The van der Waals surface area contributed by atoms with E-state index >= 15 is 0 Å². The average molecular weight is 431 g/mol. The minimum absolute atomic E-state index is 0.225. The van der Waals surface area contributed by atoms with Crippen LogP contribution < -0.4 is 0 Å². The largest absolute Gasteiger partial charge is 0.394 e. The Balaban J connectivity index is 1.78. The topological polar surface area (TPSA) is 79.2 Å². The Kier molecular flexibility index (Phi) is 18.1. The van der Waals surface area contributed by atoms with Crippen molar-refractivity contribution in [1.29, 1.82) is 0 Å². The summed E-state index contributed by atoms with van der Waals surface area (Å²) in [4.78, 5) is 0. The molecule has 0 unspecified atom stereocenters. The third-order valence-corrected chi connectivity index (χ3v) is 6.35. The summed E-state index contributed by atoms with van der Waals surface area (Å²) in [7, 11) is 0. The number of ether oxygens (including phenoxy) is 2. The number of aliphatic hydroxyl groups is 3. The van der Waals surface area contributed by atoms with E-state index in [1.165, 1.54) is 96.3 Å². The van der Waals surface area contributed by atoms with Gasteiger partial charge in [-0.3, -0.25) is 0 Å². The molecular weight excluding hydrogens is 380 g/mol. The van der Waals surface area contributed by atoms with E-state index in [1.54, 1.807) is 0 Å². The molecule has 1 aliphatic rings. The second kappa shape index (κ2) is 19.5. The van der Waals surface area contributed by atoms with Gasteiger partial charge in [-0.2, -0.15) is 0 Å². The SMILES string of the molecule is CCCCCCCCCCCCCCCCCCCO[C@@H]1CO[C@@H](CO)[C@H](O)[C@H]1O. The van der Waals surface area contributed by atoms with Crippen molar-refractivity contribution >= 4 is 0 Å². The van der Waals surface area contributed by atoms with Crippen molar-refractivity contribution in [3.8, 4) is 0 Å². The minimum Gasteiger partial charge on any atom is -0.394 e. The van der Waals surface area contributed by atoms with Gasteiger partial charge in [0.25, 0.3) is 0 Å². The molecule has 30 heavy (non-hydrogen) atoms. The Hall–Kier alpha value is -0.200. The highest BCUT2D eigenvalue weighted by atomic mass is 16.6. The number of hydrogen-bond acceptors (Lipinski definition) is 5. The predicted octanol–water partition coefficient (Wildman–Crippen LogP) is 5.14. The van der Waals surface area contributed by atoms with Crippen LogP contribution in [-0.4, -0.2) is 59.6 Å². The molecule has 1 fully saturated rings. The van der Waals surface area contributed by atoms with Gasteiger partial charge in [0.2, 0.25) is 0 Å². The van der Waals surface area contributed by atoms with Crippen LogP contribution in [0.25, 0.3) is 0 Å². The number of aliphatic hydroxyl groups excluding tert-OH is 3. The van der Waals surface area contributed by atoms with Crippen LogP contribution in [0.1, 0.15) is 116 Å². The van der Waals surface area contributed by atoms with Crippen LogP contribution in [0, 0.1) is 0 Å². The lowest BCUT2D eigenvalue weighted by Crippen LogP contribution is -2.55. The zero-order chi connectivity index (χ0) is 21.9. The van der Waals surface area contributed by atoms with Crippen LogP contribution >= 0.6 is 0 Å². The second-order valence-corrected chi connectivity index (χ2v) is 9.10. The van der Waals surface area contributed by atoms with Crippen molar-refractivity contribution in [1.82, 2.24) is 0 Å². The molecule has 0 aromatic rings. The lowest BCUT2D eigenvalue weighted by molar-refractivity contribution is -0.208. The summed E-state index contributed by atoms with van der Waals surface area (Å²) < 4.78 is 11.0. The smallest absolute Gasteiger partial charge is 0.111 e. The Morgan fingerprint density at radius 2 is 1.10 bits per heavy atom. The molecule has 1 rings (SSSR count). The van der Waals surface area contributed by atoms with Gasteiger partial charge in [0, 0.05) is 6.61 Å². The molecule has 0 aliphatic carbocycles. The summed E-state index contributed by atoms with van der Waals surface area (Å²) in [5.41, 5.74) is 0. The first-order valence-corrected chi connectivity index (χ1v) is 12.9. The molecule has 1 saturated heterocycles. The van der Waals surface area contributed by atoms with Gasteiger partial charge >= 0.3 is 0 Å². The first-order chi connectivity index (χ1) is 14.7. The highest BCUT2D eigenvalue weighted by Gasteiger charge is 2.38. The molecular formula is C25H50O5. The molecule has 1 aliphatic heterocycles. The van der Waals surface area contributed by atoms with Crippen molar-refractivity contribution < 1.29 is 24.8 Å². The van der Waals surface area contributed by atoms with Gasteiger partial charge in [-0.25, -0.2) is 0 Å².